The van der Waals surface area contributed by atoms with Gasteiger partial charge in [-0.3, -0.25) is 9.59 Å². The van der Waals surface area contributed by atoms with Gasteiger partial charge in [-0.1, -0.05) is 29.8 Å². The SMILES string of the molecule is CC(C)C(=O)OCC(=O)Nc1ccc(Br)cc1Br. The first-order valence-electron chi connectivity index (χ1n) is 5.31. The monoisotopic (exact) mass is 377 g/mol. The van der Waals surface area contributed by atoms with Gasteiger partial charge in [-0.15, -0.1) is 0 Å². The van der Waals surface area contributed by atoms with Crippen LogP contribution in [0.5, 0.6) is 0 Å². The van der Waals surface area contributed by atoms with Crippen molar-refractivity contribution in [1.29, 1.82) is 0 Å². The van der Waals surface area contributed by atoms with E-state index in [4.69, 9.17) is 4.74 Å². The number of hydrogen-bond acceptors (Lipinski definition) is 3. The Labute approximate surface area is 122 Å². The second-order valence-corrected chi connectivity index (χ2v) is 5.70. The van der Waals surface area contributed by atoms with Gasteiger partial charge in [0.25, 0.3) is 5.91 Å². The molecule has 0 saturated carbocycles. The summed E-state index contributed by atoms with van der Waals surface area (Å²) in [7, 11) is 0. The molecular weight excluding hydrogens is 366 g/mol. The van der Waals surface area contributed by atoms with Crippen LogP contribution in [0.3, 0.4) is 0 Å². The van der Waals surface area contributed by atoms with Gasteiger partial charge < -0.3 is 10.1 Å². The van der Waals surface area contributed by atoms with Crippen LogP contribution in [0.1, 0.15) is 13.8 Å². The Hall–Kier alpha value is -0.880. The lowest BCUT2D eigenvalue weighted by molar-refractivity contribution is -0.150. The largest absolute Gasteiger partial charge is 0.455 e. The lowest BCUT2D eigenvalue weighted by atomic mass is 10.2. The van der Waals surface area contributed by atoms with Gasteiger partial charge in [0, 0.05) is 8.95 Å². The molecule has 0 aliphatic heterocycles. The van der Waals surface area contributed by atoms with E-state index in [1.807, 2.05) is 6.07 Å². The number of esters is 1. The van der Waals surface area contributed by atoms with E-state index in [2.05, 4.69) is 37.2 Å². The zero-order chi connectivity index (χ0) is 13.7. The Morgan fingerprint density at radius 3 is 2.56 bits per heavy atom. The molecule has 0 aromatic heterocycles. The lowest BCUT2D eigenvalue weighted by Crippen LogP contribution is -2.22. The maximum Gasteiger partial charge on any atom is 0.308 e. The first-order chi connectivity index (χ1) is 8.40. The van der Waals surface area contributed by atoms with Gasteiger partial charge in [0.1, 0.15) is 0 Å². The van der Waals surface area contributed by atoms with E-state index in [1.54, 1.807) is 26.0 Å². The summed E-state index contributed by atoms with van der Waals surface area (Å²) in [5.41, 5.74) is 0.629. The van der Waals surface area contributed by atoms with Crippen LogP contribution in [0.25, 0.3) is 0 Å². The average Bonchev–Trinajstić information content (AvgIpc) is 2.29. The first-order valence-corrected chi connectivity index (χ1v) is 6.90. The van der Waals surface area contributed by atoms with Crippen LogP contribution in [0.2, 0.25) is 0 Å². The van der Waals surface area contributed by atoms with Gasteiger partial charge in [-0.2, -0.15) is 0 Å². The van der Waals surface area contributed by atoms with Gasteiger partial charge in [-0.25, -0.2) is 0 Å². The summed E-state index contributed by atoms with van der Waals surface area (Å²) in [6.45, 7) is 3.15. The third-order valence-corrected chi connectivity index (χ3v) is 3.17. The van der Waals surface area contributed by atoms with E-state index >= 15 is 0 Å². The van der Waals surface area contributed by atoms with Crippen molar-refractivity contribution in [3.05, 3.63) is 27.1 Å². The second kappa shape index (κ2) is 6.89. The number of benzene rings is 1. The molecule has 98 valence electrons. The second-order valence-electron chi connectivity index (χ2n) is 3.93. The van der Waals surface area contributed by atoms with Crippen LogP contribution in [0.15, 0.2) is 27.1 Å². The van der Waals surface area contributed by atoms with Gasteiger partial charge in [0.05, 0.1) is 11.6 Å². The number of hydrogen-bond donors (Lipinski definition) is 1. The summed E-state index contributed by atoms with van der Waals surface area (Å²) < 4.78 is 6.48. The van der Waals surface area contributed by atoms with Gasteiger partial charge in [0.15, 0.2) is 6.61 Å². The van der Waals surface area contributed by atoms with E-state index in [0.717, 1.165) is 8.95 Å². The predicted octanol–water partition coefficient (Wildman–Crippen LogP) is 3.35. The van der Waals surface area contributed by atoms with Crippen LogP contribution in [-0.4, -0.2) is 18.5 Å². The molecule has 0 bridgehead atoms. The van der Waals surface area contributed by atoms with Crippen LogP contribution < -0.4 is 5.32 Å². The third kappa shape index (κ3) is 4.78. The molecule has 0 heterocycles. The molecule has 0 spiro atoms. The average molecular weight is 379 g/mol. The first kappa shape index (κ1) is 15.2. The quantitative estimate of drug-likeness (QED) is 0.817. The molecule has 4 nitrogen and oxygen atoms in total. The van der Waals surface area contributed by atoms with Gasteiger partial charge in [-0.05, 0) is 34.1 Å². The van der Waals surface area contributed by atoms with E-state index in [9.17, 15) is 9.59 Å². The molecule has 1 N–H and O–H groups in total. The Bertz CT molecular complexity index is 461. The standard InChI is InChI=1S/C12H13Br2NO3/c1-7(2)12(17)18-6-11(16)15-10-4-3-8(13)5-9(10)14/h3-5,7H,6H2,1-2H3,(H,15,16). The highest BCUT2D eigenvalue weighted by Gasteiger charge is 2.12. The van der Waals surface area contributed by atoms with Crippen molar-refractivity contribution in [3.63, 3.8) is 0 Å². The lowest BCUT2D eigenvalue weighted by Gasteiger charge is -2.09. The summed E-state index contributed by atoms with van der Waals surface area (Å²) in [6.07, 6.45) is 0. The van der Waals surface area contributed by atoms with Crippen LogP contribution >= 0.6 is 31.9 Å². The molecule has 18 heavy (non-hydrogen) atoms. The summed E-state index contributed by atoms with van der Waals surface area (Å²) in [5, 5.41) is 2.65. The molecule has 0 saturated heterocycles. The molecule has 1 aromatic carbocycles. The molecule has 6 heteroatoms. The fourth-order valence-corrected chi connectivity index (χ4v) is 2.23. The van der Waals surface area contributed by atoms with E-state index in [0.29, 0.717) is 5.69 Å². The maximum atomic E-state index is 11.6. The van der Waals surface area contributed by atoms with Gasteiger partial charge >= 0.3 is 5.97 Å². The minimum Gasteiger partial charge on any atom is -0.455 e. The Kier molecular flexibility index (Phi) is 5.81. The summed E-state index contributed by atoms with van der Waals surface area (Å²) in [5.74, 6) is -0.996. The molecule has 1 rings (SSSR count). The summed E-state index contributed by atoms with van der Waals surface area (Å²) in [4.78, 5) is 22.7. The zero-order valence-corrected chi connectivity index (χ0v) is 13.2. The minimum atomic E-state index is -0.389. The van der Waals surface area contributed by atoms with Crippen LogP contribution in [0.4, 0.5) is 5.69 Å². The normalized spacial score (nSPS) is 10.3. The van der Waals surface area contributed by atoms with E-state index in [-0.39, 0.29) is 24.4 Å². The fraction of sp³-hybridized carbons (Fsp3) is 0.333. The van der Waals surface area contributed by atoms with E-state index in [1.165, 1.54) is 0 Å². The molecule has 0 aliphatic carbocycles. The molecule has 0 radical (unpaired) electrons. The number of halogens is 2. The van der Waals surface area contributed by atoms with Crippen molar-refractivity contribution in [2.45, 2.75) is 13.8 Å². The van der Waals surface area contributed by atoms with Crippen molar-refractivity contribution in [2.75, 3.05) is 11.9 Å². The Balaban J connectivity index is 2.52. The number of nitrogens with one attached hydrogen (secondary N) is 1. The Morgan fingerprint density at radius 1 is 1.33 bits per heavy atom. The van der Waals surface area contributed by atoms with Crippen molar-refractivity contribution in [2.24, 2.45) is 5.92 Å². The number of anilines is 1. The highest BCUT2D eigenvalue weighted by atomic mass is 79.9. The highest BCUT2D eigenvalue weighted by molar-refractivity contribution is 9.11. The Morgan fingerprint density at radius 2 is 2.00 bits per heavy atom. The topological polar surface area (TPSA) is 55.4 Å². The number of amides is 1. The highest BCUT2D eigenvalue weighted by Crippen LogP contribution is 2.25. The van der Waals surface area contributed by atoms with Crippen molar-refractivity contribution in [3.8, 4) is 0 Å². The van der Waals surface area contributed by atoms with Crippen molar-refractivity contribution in [1.82, 2.24) is 0 Å². The maximum absolute atomic E-state index is 11.6. The van der Waals surface area contributed by atoms with Crippen molar-refractivity contribution < 1.29 is 14.3 Å². The smallest absolute Gasteiger partial charge is 0.308 e. The summed E-state index contributed by atoms with van der Waals surface area (Å²) in [6, 6.07) is 5.37. The number of rotatable bonds is 4. The molecule has 1 amide bonds. The molecule has 1 aromatic rings. The number of ether oxygens (including phenoxy) is 1. The molecular formula is C12H13Br2NO3. The van der Waals surface area contributed by atoms with Crippen LogP contribution in [-0.2, 0) is 14.3 Å². The molecule has 0 aliphatic rings. The minimum absolute atomic E-state index is 0.239. The van der Waals surface area contributed by atoms with E-state index < -0.39 is 0 Å². The number of carbonyl (C=O) groups is 2. The molecule has 0 unspecified atom stereocenters. The number of carbonyl (C=O) groups excluding carboxylic acids is 2. The van der Waals surface area contributed by atoms with Crippen molar-refractivity contribution >= 4 is 49.4 Å². The van der Waals surface area contributed by atoms with Crippen LogP contribution in [0, 0.1) is 5.92 Å². The zero-order valence-electron chi connectivity index (χ0n) is 10.00. The summed E-state index contributed by atoms with van der Waals surface area (Å²) >= 11 is 6.64. The third-order valence-electron chi connectivity index (χ3n) is 2.02. The molecule has 0 atom stereocenters. The van der Waals surface area contributed by atoms with Gasteiger partial charge in [0.2, 0.25) is 0 Å². The molecule has 0 fully saturated rings. The fourth-order valence-electron chi connectivity index (χ4n) is 1.08. The predicted molar refractivity (Wildman–Crippen MR) is 76.3 cm³/mol.